The van der Waals surface area contributed by atoms with E-state index in [1.165, 1.54) is 0 Å². The van der Waals surface area contributed by atoms with Crippen molar-refractivity contribution < 1.29 is 28.6 Å². The molecule has 162 valence electrons. The van der Waals surface area contributed by atoms with Gasteiger partial charge in [-0.05, 0) is 36.8 Å². The van der Waals surface area contributed by atoms with Gasteiger partial charge >= 0.3 is 6.03 Å². The molecule has 1 atom stereocenters. The first-order valence-corrected chi connectivity index (χ1v) is 9.89. The van der Waals surface area contributed by atoms with Crippen LogP contribution in [0.25, 0.3) is 0 Å². The molecule has 2 aliphatic heterocycles. The van der Waals surface area contributed by atoms with Crippen LogP contribution in [-0.4, -0.2) is 49.6 Å². The number of carbonyl (C=O) groups is 3. The molecule has 31 heavy (non-hydrogen) atoms. The van der Waals surface area contributed by atoms with Gasteiger partial charge in [-0.2, -0.15) is 0 Å². The molecule has 2 aliphatic rings. The monoisotopic (exact) mass is 425 g/mol. The zero-order chi connectivity index (χ0) is 22.0. The smallest absolute Gasteiger partial charge is 0.325 e. The molecule has 9 heteroatoms. The fraction of sp³-hybridized carbons (Fsp3) is 0.318. The van der Waals surface area contributed by atoms with Gasteiger partial charge in [0, 0.05) is 18.2 Å². The summed E-state index contributed by atoms with van der Waals surface area (Å²) in [6.45, 7) is 2.29. The van der Waals surface area contributed by atoms with Crippen molar-refractivity contribution in [2.75, 3.05) is 32.2 Å². The van der Waals surface area contributed by atoms with Crippen molar-refractivity contribution in [2.45, 2.75) is 18.9 Å². The molecule has 4 rings (SSSR count). The number of imide groups is 1. The van der Waals surface area contributed by atoms with E-state index in [2.05, 4.69) is 10.6 Å². The summed E-state index contributed by atoms with van der Waals surface area (Å²) in [6, 6.07) is 11.3. The van der Waals surface area contributed by atoms with Crippen LogP contribution in [0.4, 0.5) is 10.5 Å². The summed E-state index contributed by atoms with van der Waals surface area (Å²) in [4.78, 5) is 38.9. The summed E-state index contributed by atoms with van der Waals surface area (Å²) in [5.41, 5.74) is -0.185. The number of fused-ring (bicyclic) bond motifs is 1. The summed E-state index contributed by atoms with van der Waals surface area (Å²) in [5.74, 6) is 0.779. The van der Waals surface area contributed by atoms with Crippen LogP contribution in [0.5, 0.6) is 17.2 Å². The molecule has 4 amide bonds. The van der Waals surface area contributed by atoms with Crippen LogP contribution < -0.4 is 24.8 Å². The first-order valence-electron chi connectivity index (χ1n) is 9.89. The number of nitrogens with one attached hydrogen (secondary N) is 2. The summed E-state index contributed by atoms with van der Waals surface area (Å²) < 4.78 is 16.3. The van der Waals surface area contributed by atoms with Crippen molar-refractivity contribution in [3.05, 3.63) is 48.0 Å². The SMILES string of the molecule is COc1ccc([C@]2(C)NC(=O)N(CC(=O)Nc3ccc4c(c3)OCCCO4)C2=O)cc1. The minimum atomic E-state index is -1.26. The number of nitrogens with zero attached hydrogens (tertiary/aromatic N) is 1. The molecule has 0 aliphatic carbocycles. The van der Waals surface area contributed by atoms with Gasteiger partial charge in [-0.3, -0.25) is 14.5 Å². The highest BCUT2D eigenvalue weighted by Gasteiger charge is 2.49. The molecule has 0 unspecified atom stereocenters. The number of rotatable bonds is 5. The zero-order valence-corrected chi connectivity index (χ0v) is 17.3. The molecule has 2 heterocycles. The van der Waals surface area contributed by atoms with Crippen LogP contribution in [0.15, 0.2) is 42.5 Å². The number of benzene rings is 2. The molecule has 0 bridgehead atoms. The van der Waals surface area contributed by atoms with Crippen LogP contribution in [0, 0.1) is 0 Å². The van der Waals surface area contributed by atoms with Gasteiger partial charge in [0.2, 0.25) is 5.91 Å². The van der Waals surface area contributed by atoms with Crippen molar-refractivity contribution in [2.24, 2.45) is 0 Å². The Labute approximate surface area is 179 Å². The van der Waals surface area contributed by atoms with E-state index in [1.807, 2.05) is 0 Å². The normalized spacial score (nSPS) is 20.1. The van der Waals surface area contributed by atoms with E-state index in [0.717, 1.165) is 11.3 Å². The average molecular weight is 425 g/mol. The number of urea groups is 1. The molecule has 0 radical (unpaired) electrons. The standard InChI is InChI=1S/C22H23N3O6/c1-22(14-4-7-16(29-2)8-5-14)20(27)25(21(28)24-22)13-19(26)23-15-6-9-17-18(12-15)31-11-3-10-30-17/h4-9,12H,3,10-11,13H2,1-2H3,(H,23,26)(H,24,28)/t22-/m0/s1. The Bertz CT molecular complexity index is 1020. The van der Waals surface area contributed by atoms with Gasteiger partial charge in [-0.1, -0.05) is 12.1 Å². The molecule has 0 aromatic heterocycles. The van der Waals surface area contributed by atoms with Crippen LogP contribution >= 0.6 is 0 Å². The fourth-order valence-electron chi connectivity index (χ4n) is 3.55. The van der Waals surface area contributed by atoms with Gasteiger partial charge in [0.05, 0.1) is 20.3 Å². The number of anilines is 1. The number of hydrogen-bond acceptors (Lipinski definition) is 6. The second-order valence-electron chi connectivity index (χ2n) is 7.44. The third-order valence-corrected chi connectivity index (χ3v) is 5.28. The van der Waals surface area contributed by atoms with E-state index in [4.69, 9.17) is 14.2 Å². The Morgan fingerprint density at radius 1 is 1.13 bits per heavy atom. The summed E-state index contributed by atoms with van der Waals surface area (Å²) in [7, 11) is 1.54. The molecule has 1 saturated heterocycles. The van der Waals surface area contributed by atoms with E-state index in [1.54, 1.807) is 56.5 Å². The van der Waals surface area contributed by atoms with Gasteiger partial charge in [-0.15, -0.1) is 0 Å². The highest BCUT2D eigenvalue weighted by Crippen LogP contribution is 2.33. The van der Waals surface area contributed by atoms with E-state index >= 15 is 0 Å². The molecule has 0 spiro atoms. The van der Waals surface area contributed by atoms with E-state index < -0.39 is 29.9 Å². The molecular formula is C22H23N3O6. The number of hydrogen-bond donors (Lipinski definition) is 2. The average Bonchev–Trinajstić information content (AvgIpc) is 2.93. The molecule has 2 aromatic rings. The molecule has 1 fully saturated rings. The largest absolute Gasteiger partial charge is 0.497 e. The second-order valence-corrected chi connectivity index (χ2v) is 7.44. The quantitative estimate of drug-likeness (QED) is 0.712. The van der Waals surface area contributed by atoms with E-state index in [-0.39, 0.29) is 0 Å². The summed E-state index contributed by atoms with van der Waals surface area (Å²) >= 11 is 0. The van der Waals surface area contributed by atoms with Crippen LogP contribution in [0.1, 0.15) is 18.9 Å². The minimum Gasteiger partial charge on any atom is -0.497 e. The number of carbonyl (C=O) groups excluding carboxylic acids is 3. The van der Waals surface area contributed by atoms with Crippen LogP contribution in [0.3, 0.4) is 0 Å². The Morgan fingerprint density at radius 2 is 1.84 bits per heavy atom. The zero-order valence-electron chi connectivity index (χ0n) is 17.3. The van der Waals surface area contributed by atoms with Crippen molar-refractivity contribution >= 4 is 23.5 Å². The molecule has 9 nitrogen and oxygen atoms in total. The maximum Gasteiger partial charge on any atom is 0.325 e. The number of amides is 4. The predicted octanol–water partition coefficient (Wildman–Crippen LogP) is 2.26. The van der Waals surface area contributed by atoms with Crippen molar-refractivity contribution in [1.29, 1.82) is 0 Å². The fourth-order valence-corrected chi connectivity index (χ4v) is 3.55. The summed E-state index contributed by atoms with van der Waals surface area (Å²) in [5, 5.41) is 5.38. The second kappa shape index (κ2) is 8.17. The van der Waals surface area contributed by atoms with Crippen LogP contribution in [-0.2, 0) is 15.1 Å². The van der Waals surface area contributed by atoms with Crippen molar-refractivity contribution in [3.8, 4) is 17.2 Å². The third kappa shape index (κ3) is 3.98. The molecule has 0 saturated carbocycles. The maximum atomic E-state index is 13.0. The lowest BCUT2D eigenvalue weighted by molar-refractivity contribution is -0.133. The van der Waals surface area contributed by atoms with Gasteiger partial charge in [0.1, 0.15) is 17.8 Å². The minimum absolute atomic E-state index is 0.412. The Kier molecular flexibility index (Phi) is 5.41. The third-order valence-electron chi connectivity index (χ3n) is 5.28. The number of methoxy groups -OCH3 is 1. The molecule has 2 N–H and O–H groups in total. The Morgan fingerprint density at radius 3 is 2.55 bits per heavy atom. The lowest BCUT2D eigenvalue weighted by Crippen LogP contribution is -2.42. The summed E-state index contributed by atoms with van der Waals surface area (Å²) in [6.07, 6.45) is 0.773. The van der Waals surface area contributed by atoms with Crippen molar-refractivity contribution in [1.82, 2.24) is 10.2 Å². The lowest BCUT2D eigenvalue weighted by atomic mass is 9.92. The van der Waals surface area contributed by atoms with Gasteiger partial charge in [0.25, 0.3) is 5.91 Å². The highest BCUT2D eigenvalue weighted by molar-refractivity contribution is 6.10. The Balaban J connectivity index is 1.45. The maximum absolute atomic E-state index is 13.0. The lowest BCUT2D eigenvalue weighted by Gasteiger charge is -2.22. The molecular weight excluding hydrogens is 402 g/mol. The topological polar surface area (TPSA) is 106 Å². The first-order chi connectivity index (χ1) is 14.9. The molecule has 2 aromatic carbocycles. The van der Waals surface area contributed by atoms with E-state index in [9.17, 15) is 14.4 Å². The van der Waals surface area contributed by atoms with Crippen molar-refractivity contribution in [3.63, 3.8) is 0 Å². The first kappa shape index (κ1) is 20.5. The predicted molar refractivity (Wildman–Crippen MR) is 111 cm³/mol. The van der Waals surface area contributed by atoms with E-state index in [0.29, 0.717) is 41.7 Å². The van der Waals surface area contributed by atoms with Crippen LogP contribution in [0.2, 0.25) is 0 Å². The van der Waals surface area contributed by atoms with Gasteiger partial charge in [0.15, 0.2) is 11.5 Å². The number of ether oxygens (including phenoxy) is 3. The van der Waals surface area contributed by atoms with Gasteiger partial charge in [-0.25, -0.2) is 4.79 Å². The Hall–Kier alpha value is -3.75. The highest BCUT2D eigenvalue weighted by atomic mass is 16.5. The van der Waals surface area contributed by atoms with Gasteiger partial charge < -0.3 is 24.8 Å².